The summed E-state index contributed by atoms with van der Waals surface area (Å²) in [7, 11) is 0. The maximum Gasteiger partial charge on any atom is 0.348 e. The van der Waals surface area contributed by atoms with Gasteiger partial charge in [-0.25, -0.2) is 9.59 Å². The van der Waals surface area contributed by atoms with Crippen molar-refractivity contribution in [2.45, 2.75) is 26.6 Å². The van der Waals surface area contributed by atoms with E-state index < -0.39 is 11.9 Å². The highest BCUT2D eigenvalue weighted by Gasteiger charge is 2.21. The zero-order valence-corrected chi connectivity index (χ0v) is 15.8. The summed E-state index contributed by atoms with van der Waals surface area (Å²) in [6.45, 7) is 2.34. The first-order chi connectivity index (χ1) is 13.2. The lowest BCUT2D eigenvalue weighted by atomic mass is 10.2. The van der Waals surface area contributed by atoms with Gasteiger partial charge in [-0.1, -0.05) is 67.6 Å². The summed E-state index contributed by atoms with van der Waals surface area (Å²) in [5.41, 5.74) is 2.63. The van der Waals surface area contributed by atoms with Gasteiger partial charge in [-0.15, -0.1) is 11.3 Å². The molecule has 27 heavy (non-hydrogen) atoms. The maximum absolute atomic E-state index is 12.4. The van der Waals surface area contributed by atoms with Crippen molar-refractivity contribution in [2.24, 2.45) is 0 Å². The topological polar surface area (TPSA) is 52.6 Å². The van der Waals surface area contributed by atoms with Gasteiger partial charge in [0.25, 0.3) is 0 Å². The van der Waals surface area contributed by atoms with Gasteiger partial charge in [0.1, 0.15) is 23.0 Å². The van der Waals surface area contributed by atoms with E-state index in [1.165, 1.54) is 0 Å². The predicted molar refractivity (Wildman–Crippen MR) is 105 cm³/mol. The molecule has 0 atom stereocenters. The van der Waals surface area contributed by atoms with Crippen LogP contribution in [-0.4, -0.2) is 11.9 Å². The molecule has 1 heterocycles. The summed E-state index contributed by atoms with van der Waals surface area (Å²) in [5.74, 6) is -0.844. The lowest BCUT2D eigenvalue weighted by Gasteiger charge is -2.04. The summed E-state index contributed by atoms with van der Waals surface area (Å²) in [6.07, 6.45) is 0.637. The normalized spacial score (nSPS) is 10.4. The molecular formula is C22H20O4S. The Morgan fingerprint density at radius 3 is 1.85 bits per heavy atom. The quantitative estimate of drug-likeness (QED) is 0.540. The molecule has 3 aromatic rings. The number of hydrogen-bond donors (Lipinski definition) is 0. The molecule has 0 saturated heterocycles. The number of ether oxygens (including phenoxy) is 2. The molecule has 138 valence electrons. The van der Waals surface area contributed by atoms with Gasteiger partial charge < -0.3 is 9.47 Å². The second-order valence-electron chi connectivity index (χ2n) is 5.94. The molecule has 0 aliphatic carbocycles. The molecule has 0 unspecified atom stereocenters. The molecule has 0 N–H and O–H groups in total. The van der Waals surface area contributed by atoms with Crippen LogP contribution in [0.25, 0.3) is 0 Å². The van der Waals surface area contributed by atoms with Crippen LogP contribution < -0.4 is 0 Å². The van der Waals surface area contributed by atoms with Crippen LogP contribution in [0.15, 0.2) is 66.7 Å². The average molecular weight is 380 g/mol. The molecule has 4 nitrogen and oxygen atoms in total. The van der Waals surface area contributed by atoms with Gasteiger partial charge in [-0.2, -0.15) is 0 Å². The van der Waals surface area contributed by atoms with Crippen molar-refractivity contribution in [2.75, 3.05) is 0 Å². The minimum absolute atomic E-state index is 0.201. The highest BCUT2D eigenvalue weighted by molar-refractivity contribution is 7.16. The van der Waals surface area contributed by atoms with Crippen LogP contribution >= 0.6 is 11.3 Å². The van der Waals surface area contributed by atoms with Crippen LogP contribution in [0.2, 0.25) is 0 Å². The van der Waals surface area contributed by atoms with Crippen molar-refractivity contribution in [1.29, 1.82) is 0 Å². The molecule has 1 aromatic heterocycles. The average Bonchev–Trinajstić information content (AvgIpc) is 3.16. The number of aryl methyl sites for hydroxylation is 1. The van der Waals surface area contributed by atoms with Gasteiger partial charge in [0.05, 0.1) is 0 Å². The minimum Gasteiger partial charge on any atom is -0.457 e. The summed E-state index contributed by atoms with van der Waals surface area (Å²) in [5, 5.41) is 0. The summed E-state index contributed by atoms with van der Waals surface area (Å²) in [6, 6.07) is 20.7. The molecule has 2 aromatic carbocycles. The number of esters is 2. The third kappa shape index (κ3) is 5.05. The van der Waals surface area contributed by atoms with Crippen LogP contribution in [0.1, 0.15) is 43.0 Å². The first-order valence-corrected chi connectivity index (χ1v) is 9.54. The molecule has 0 fully saturated rings. The fraction of sp³-hybridized carbons (Fsp3) is 0.182. The number of carbonyl (C=O) groups is 2. The largest absolute Gasteiger partial charge is 0.457 e. The number of hydrogen-bond acceptors (Lipinski definition) is 5. The molecular weight excluding hydrogens is 360 g/mol. The van der Waals surface area contributed by atoms with Crippen molar-refractivity contribution < 1.29 is 19.1 Å². The smallest absolute Gasteiger partial charge is 0.348 e. The van der Waals surface area contributed by atoms with E-state index in [2.05, 4.69) is 0 Å². The van der Waals surface area contributed by atoms with Crippen molar-refractivity contribution in [3.63, 3.8) is 0 Å². The molecule has 0 saturated carbocycles. The van der Waals surface area contributed by atoms with Crippen molar-refractivity contribution in [3.05, 3.63) is 93.2 Å². The van der Waals surface area contributed by atoms with E-state index in [0.29, 0.717) is 16.2 Å². The molecule has 5 heteroatoms. The highest BCUT2D eigenvalue weighted by atomic mass is 32.1. The van der Waals surface area contributed by atoms with Gasteiger partial charge >= 0.3 is 11.9 Å². The highest BCUT2D eigenvalue weighted by Crippen LogP contribution is 2.25. The summed E-state index contributed by atoms with van der Waals surface area (Å²) in [4.78, 5) is 25.7. The van der Waals surface area contributed by atoms with E-state index in [1.807, 2.05) is 67.6 Å². The Balaban J connectivity index is 1.65. The Morgan fingerprint density at radius 2 is 1.33 bits per heavy atom. The minimum atomic E-state index is -0.430. The number of rotatable bonds is 7. The first-order valence-electron chi connectivity index (χ1n) is 8.72. The van der Waals surface area contributed by atoms with E-state index >= 15 is 0 Å². The SMILES string of the molecule is CCc1cc(C(=O)OCc2ccccc2)sc1C(=O)OCc1ccccc1. The molecule has 0 radical (unpaired) electrons. The van der Waals surface area contributed by atoms with Gasteiger partial charge in [-0.3, -0.25) is 0 Å². The van der Waals surface area contributed by atoms with Crippen LogP contribution in [0.4, 0.5) is 0 Å². The summed E-state index contributed by atoms with van der Waals surface area (Å²) < 4.78 is 10.8. The zero-order valence-electron chi connectivity index (χ0n) is 15.0. The van der Waals surface area contributed by atoms with Gasteiger partial charge in [-0.05, 0) is 29.2 Å². The Kier molecular flexibility index (Phi) is 6.39. The number of benzene rings is 2. The van der Waals surface area contributed by atoms with Gasteiger partial charge in [0.15, 0.2) is 0 Å². The molecule has 0 amide bonds. The Labute approximate surface area is 162 Å². The maximum atomic E-state index is 12.4. The van der Waals surface area contributed by atoms with E-state index in [4.69, 9.17) is 9.47 Å². The van der Waals surface area contributed by atoms with Crippen LogP contribution in [-0.2, 0) is 29.1 Å². The van der Waals surface area contributed by atoms with E-state index in [0.717, 1.165) is 28.0 Å². The van der Waals surface area contributed by atoms with E-state index in [-0.39, 0.29) is 13.2 Å². The van der Waals surface area contributed by atoms with Crippen LogP contribution in [0.5, 0.6) is 0 Å². The fourth-order valence-corrected chi connectivity index (χ4v) is 3.59. The molecule has 0 spiro atoms. The van der Waals surface area contributed by atoms with Gasteiger partial charge in [0, 0.05) is 0 Å². The van der Waals surface area contributed by atoms with Crippen molar-refractivity contribution in [3.8, 4) is 0 Å². The third-order valence-electron chi connectivity index (χ3n) is 4.00. The molecule has 0 aliphatic heterocycles. The molecule has 3 rings (SSSR count). The van der Waals surface area contributed by atoms with Crippen molar-refractivity contribution >= 4 is 23.3 Å². The third-order valence-corrected chi connectivity index (χ3v) is 5.14. The van der Waals surface area contributed by atoms with Crippen molar-refractivity contribution in [1.82, 2.24) is 0 Å². The molecule has 0 aliphatic rings. The van der Waals surface area contributed by atoms with Crippen LogP contribution in [0, 0.1) is 0 Å². The first kappa shape index (κ1) is 18.9. The van der Waals surface area contributed by atoms with Crippen LogP contribution in [0.3, 0.4) is 0 Å². The summed E-state index contributed by atoms with van der Waals surface area (Å²) >= 11 is 1.12. The predicted octanol–water partition coefficient (Wildman–Crippen LogP) is 5.02. The lowest BCUT2D eigenvalue weighted by Crippen LogP contribution is -2.05. The van der Waals surface area contributed by atoms with Gasteiger partial charge in [0.2, 0.25) is 0 Å². The second kappa shape index (κ2) is 9.14. The lowest BCUT2D eigenvalue weighted by molar-refractivity contribution is 0.0471. The zero-order chi connectivity index (χ0) is 19.1. The Hall–Kier alpha value is -2.92. The monoisotopic (exact) mass is 380 g/mol. The standard InChI is InChI=1S/C22H20O4S/c1-2-18-13-19(21(23)25-14-16-9-5-3-6-10-16)27-20(18)22(24)26-15-17-11-7-4-8-12-17/h3-13H,2,14-15H2,1H3. The van der Waals surface area contributed by atoms with E-state index in [1.54, 1.807) is 6.07 Å². The van der Waals surface area contributed by atoms with E-state index in [9.17, 15) is 9.59 Å². The fourth-order valence-electron chi connectivity index (χ4n) is 2.55. The Bertz CT molecular complexity index is 901. The molecule has 0 bridgehead atoms. The number of thiophene rings is 1. The Morgan fingerprint density at radius 1 is 0.815 bits per heavy atom. The number of carbonyl (C=O) groups excluding carboxylic acids is 2. The second-order valence-corrected chi connectivity index (χ2v) is 6.99.